The number of nitrogens with zero attached hydrogens (tertiary/aromatic N) is 1. The second kappa shape index (κ2) is 5.71. The van der Waals surface area contributed by atoms with E-state index >= 15 is 0 Å². The third-order valence-corrected chi connectivity index (χ3v) is 4.93. The Bertz CT molecular complexity index is 605. The minimum Gasteiger partial charge on any atom is -0.295 e. The molecule has 2 nitrogen and oxygen atoms in total. The van der Waals surface area contributed by atoms with Gasteiger partial charge in [0.05, 0.1) is 0 Å². The summed E-state index contributed by atoms with van der Waals surface area (Å²) in [5.74, 6) is 0.424. The van der Waals surface area contributed by atoms with E-state index in [4.69, 9.17) is 0 Å². The van der Waals surface area contributed by atoms with Crippen LogP contribution in [0.3, 0.4) is 0 Å². The largest absolute Gasteiger partial charge is 0.295 e. The van der Waals surface area contributed by atoms with Crippen LogP contribution in [-0.2, 0) is 0 Å². The first-order valence-corrected chi connectivity index (χ1v) is 7.74. The lowest BCUT2D eigenvalue weighted by atomic mass is 10.0. The van der Waals surface area contributed by atoms with Gasteiger partial charge < -0.3 is 0 Å². The fraction of sp³-hybridized carbons (Fsp3) is 0.235. The van der Waals surface area contributed by atoms with Crippen LogP contribution in [0.15, 0.2) is 59.7 Å². The number of rotatable bonds is 3. The van der Waals surface area contributed by atoms with Crippen molar-refractivity contribution in [2.24, 2.45) is 5.10 Å². The topological polar surface area (TPSA) is 24.4 Å². The molecule has 0 aliphatic carbocycles. The van der Waals surface area contributed by atoms with Crippen molar-refractivity contribution in [3.63, 3.8) is 0 Å². The van der Waals surface area contributed by atoms with Crippen molar-refractivity contribution in [2.75, 3.05) is 0 Å². The summed E-state index contributed by atoms with van der Waals surface area (Å²) in [6.45, 7) is 4.35. The highest BCUT2D eigenvalue weighted by atomic mass is 32.2. The van der Waals surface area contributed by atoms with Crippen molar-refractivity contribution in [1.82, 2.24) is 5.43 Å². The number of hydrogen-bond acceptors (Lipinski definition) is 3. The van der Waals surface area contributed by atoms with Crippen LogP contribution in [0.2, 0.25) is 0 Å². The van der Waals surface area contributed by atoms with Crippen LogP contribution in [0.25, 0.3) is 0 Å². The van der Waals surface area contributed by atoms with Crippen molar-refractivity contribution in [3.8, 4) is 0 Å². The van der Waals surface area contributed by atoms with E-state index in [-0.39, 0.29) is 0 Å². The Morgan fingerprint density at radius 1 is 1.05 bits per heavy atom. The fourth-order valence-corrected chi connectivity index (χ4v) is 3.35. The summed E-state index contributed by atoms with van der Waals surface area (Å²) >= 11 is 1.81. The Balaban J connectivity index is 1.71. The lowest BCUT2D eigenvalue weighted by Crippen LogP contribution is -2.22. The van der Waals surface area contributed by atoms with Crippen molar-refractivity contribution in [2.45, 2.75) is 25.1 Å². The predicted molar refractivity (Wildman–Crippen MR) is 87.1 cm³/mol. The summed E-state index contributed by atoms with van der Waals surface area (Å²) in [5, 5.41) is 5.87. The smallest absolute Gasteiger partial charge is 0.125 e. The molecule has 1 heterocycles. The van der Waals surface area contributed by atoms with Gasteiger partial charge in [0.1, 0.15) is 10.4 Å². The van der Waals surface area contributed by atoms with E-state index in [1.54, 1.807) is 0 Å². The molecule has 102 valence electrons. The zero-order valence-electron chi connectivity index (χ0n) is 11.7. The highest BCUT2D eigenvalue weighted by Crippen LogP contribution is 2.32. The quantitative estimate of drug-likeness (QED) is 0.915. The van der Waals surface area contributed by atoms with Crippen LogP contribution >= 0.6 is 11.8 Å². The predicted octanol–water partition coefficient (Wildman–Crippen LogP) is 4.12. The SMILES string of the molecule is Cc1ccc(C2=NN[C@H]([C@@H](C)c3ccccc3)S2)cc1. The van der Waals surface area contributed by atoms with Gasteiger partial charge in [-0.25, -0.2) is 0 Å². The summed E-state index contributed by atoms with van der Waals surface area (Å²) in [4.78, 5) is 0. The Morgan fingerprint density at radius 3 is 2.45 bits per heavy atom. The van der Waals surface area contributed by atoms with Gasteiger partial charge in [-0.05, 0) is 12.5 Å². The van der Waals surface area contributed by atoms with Gasteiger partial charge >= 0.3 is 0 Å². The van der Waals surface area contributed by atoms with E-state index in [0.717, 1.165) is 5.04 Å². The summed E-state index contributed by atoms with van der Waals surface area (Å²) in [5.41, 5.74) is 7.08. The molecule has 0 aromatic heterocycles. The van der Waals surface area contributed by atoms with Gasteiger partial charge in [-0.3, -0.25) is 5.43 Å². The Morgan fingerprint density at radius 2 is 1.75 bits per heavy atom. The van der Waals surface area contributed by atoms with E-state index in [1.165, 1.54) is 16.7 Å². The summed E-state index contributed by atoms with van der Waals surface area (Å²) in [6, 6.07) is 19.1. The minimum absolute atomic E-state index is 0.300. The third kappa shape index (κ3) is 2.73. The average molecular weight is 282 g/mol. The molecule has 2 aromatic rings. The number of nitrogens with one attached hydrogen (secondary N) is 1. The third-order valence-electron chi connectivity index (χ3n) is 3.61. The molecule has 0 fully saturated rings. The van der Waals surface area contributed by atoms with Crippen LogP contribution < -0.4 is 5.43 Å². The molecule has 2 aromatic carbocycles. The summed E-state index contributed by atoms with van der Waals surface area (Å²) in [6.07, 6.45) is 0. The van der Waals surface area contributed by atoms with Gasteiger partial charge in [-0.2, -0.15) is 5.10 Å². The lowest BCUT2D eigenvalue weighted by Gasteiger charge is -2.18. The molecule has 3 heteroatoms. The molecule has 0 saturated carbocycles. The Hall–Kier alpha value is -1.74. The number of aryl methyl sites for hydroxylation is 1. The van der Waals surface area contributed by atoms with Crippen molar-refractivity contribution >= 4 is 16.8 Å². The van der Waals surface area contributed by atoms with Crippen LogP contribution in [0.1, 0.15) is 29.5 Å². The first kappa shape index (κ1) is 13.3. The average Bonchev–Trinajstić information content (AvgIpc) is 2.98. The molecule has 1 N–H and O–H groups in total. The first-order valence-electron chi connectivity index (χ1n) is 6.86. The highest BCUT2D eigenvalue weighted by molar-refractivity contribution is 8.15. The van der Waals surface area contributed by atoms with Gasteiger partial charge in [-0.15, -0.1) is 0 Å². The van der Waals surface area contributed by atoms with Crippen molar-refractivity contribution in [3.05, 3.63) is 71.3 Å². The lowest BCUT2D eigenvalue weighted by molar-refractivity contribution is 0.609. The Labute approximate surface area is 124 Å². The molecule has 1 aliphatic heterocycles. The molecule has 0 amide bonds. The molecule has 0 radical (unpaired) electrons. The van der Waals surface area contributed by atoms with E-state index < -0.39 is 0 Å². The van der Waals surface area contributed by atoms with E-state index in [9.17, 15) is 0 Å². The Kier molecular flexibility index (Phi) is 3.79. The zero-order chi connectivity index (χ0) is 13.9. The summed E-state index contributed by atoms with van der Waals surface area (Å²) < 4.78 is 0. The van der Waals surface area contributed by atoms with Crippen molar-refractivity contribution < 1.29 is 0 Å². The van der Waals surface area contributed by atoms with Crippen molar-refractivity contribution in [1.29, 1.82) is 0 Å². The molecule has 2 atom stereocenters. The number of hydrazone groups is 1. The van der Waals surface area contributed by atoms with Crippen LogP contribution in [0.5, 0.6) is 0 Å². The molecular weight excluding hydrogens is 264 g/mol. The van der Waals surface area contributed by atoms with Gasteiger partial charge in [0.15, 0.2) is 0 Å². The maximum Gasteiger partial charge on any atom is 0.125 e. The molecule has 3 rings (SSSR count). The summed E-state index contributed by atoms with van der Waals surface area (Å²) in [7, 11) is 0. The molecule has 0 unspecified atom stereocenters. The maximum atomic E-state index is 4.49. The second-order valence-corrected chi connectivity index (χ2v) is 6.28. The monoisotopic (exact) mass is 282 g/mol. The van der Waals surface area contributed by atoms with E-state index in [1.807, 2.05) is 11.8 Å². The fourth-order valence-electron chi connectivity index (χ4n) is 2.27. The molecule has 20 heavy (non-hydrogen) atoms. The van der Waals surface area contributed by atoms with Crippen LogP contribution in [0.4, 0.5) is 0 Å². The zero-order valence-corrected chi connectivity index (χ0v) is 12.5. The molecule has 0 bridgehead atoms. The molecule has 0 spiro atoms. The molecular formula is C17H18N2S. The van der Waals surface area contributed by atoms with Gasteiger partial charge in [0, 0.05) is 11.5 Å². The highest BCUT2D eigenvalue weighted by Gasteiger charge is 2.26. The maximum absolute atomic E-state index is 4.49. The van der Waals surface area contributed by atoms with Crippen LogP contribution in [0, 0.1) is 6.92 Å². The van der Waals surface area contributed by atoms with Gasteiger partial charge in [-0.1, -0.05) is 78.8 Å². The van der Waals surface area contributed by atoms with Crippen LogP contribution in [-0.4, -0.2) is 10.4 Å². The second-order valence-electron chi connectivity index (χ2n) is 5.15. The number of thioether (sulfide) groups is 1. The van der Waals surface area contributed by atoms with E-state index in [2.05, 4.69) is 79.0 Å². The minimum atomic E-state index is 0.300. The first-order chi connectivity index (χ1) is 9.74. The molecule has 1 aliphatic rings. The number of hydrogen-bond donors (Lipinski definition) is 1. The van der Waals surface area contributed by atoms with Gasteiger partial charge in [0.25, 0.3) is 0 Å². The molecule has 0 saturated heterocycles. The van der Waals surface area contributed by atoms with Gasteiger partial charge in [0.2, 0.25) is 0 Å². The number of benzene rings is 2. The van der Waals surface area contributed by atoms with E-state index in [0.29, 0.717) is 11.3 Å². The normalized spacial score (nSPS) is 19.3. The standard InChI is InChI=1S/C17H18N2S/c1-12-8-10-15(11-9-12)17-19-18-16(20-17)13(2)14-6-4-3-5-7-14/h3-11,13,16,18H,1-2H3/t13-,16-/m0/s1.